The zero-order chi connectivity index (χ0) is 33.1. The Morgan fingerprint density at radius 2 is 1.65 bits per heavy atom. The molecule has 1 saturated heterocycles. The van der Waals surface area contributed by atoms with Gasteiger partial charge >= 0.3 is 12.1 Å². The van der Waals surface area contributed by atoms with Crippen LogP contribution in [0.25, 0.3) is 0 Å². The summed E-state index contributed by atoms with van der Waals surface area (Å²) in [5.74, 6) is -2.23. The van der Waals surface area contributed by atoms with Crippen LogP contribution in [-0.2, 0) is 29.1 Å². The summed E-state index contributed by atoms with van der Waals surface area (Å²) in [6.07, 6.45) is 5.28. The number of likely N-dealkylation sites (N-methyl/N-ethyl adjacent to an activating group) is 2. The molecule has 1 heterocycles. The summed E-state index contributed by atoms with van der Waals surface area (Å²) < 4.78 is 31.8. The van der Waals surface area contributed by atoms with Crippen molar-refractivity contribution in [3.63, 3.8) is 0 Å². The summed E-state index contributed by atoms with van der Waals surface area (Å²) in [5, 5.41) is 11.8. The Balaban J connectivity index is 2.83. The third-order valence-corrected chi connectivity index (χ3v) is 10.4. The number of nitrogens with one attached hydrogen (secondary N) is 1. The van der Waals surface area contributed by atoms with Gasteiger partial charge in [-0.05, 0) is 39.0 Å². The van der Waals surface area contributed by atoms with Crippen LogP contribution in [0.2, 0.25) is 0 Å². The van der Waals surface area contributed by atoms with E-state index in [0.29, 0.717) is 25.8 Å². The number of carboxylic acid groups (broad SMARTS) is 1. The van der Waals surface area contributed by atoms with Crippen LogP contribution in [0.4, 0.5) is 4.79 Å². The van der Waals surface area contributed by atoms with E-state index in [-0.39, 0.29) is 12.5 Å². The Labute approximate surface area is 258 Å². The minimum Gasteiger partial charge on any atom is -0.480 e. The molecular formula is C30H56N4O8S. The molecule has 4 atom stereocenters. The number of aliphatic carboxylic acids is 1. The van der Waals surface area contributed by atoms with E-state index in [9.17, 15) is 32.7 Å². The van der Waals surface area contributed by atoms with Crippen LogP contribution < -0.4 is 5.32 Å². The average Bonchev–Trinajstić information content (AvgIpc) is 3.40. The lowest BCUT2D eigenvalue weighted by atomic mass is 9.89. The van der Waals surface area contributed by atoms with Crippen molar-refractivity contribution < 1.29 is 37.4 Å². The molecule has 0 aromatic carbocycles. The van der Waals surface area contributed by atoms with Crippen molar-refractivity contribution in [2.75, 3.05) is 33.7 Å². The van der Waals surface area contributed by atoms with Crippen molar-refractivity contribution >= 4 is 33.9 Å². The summed E-state index contributed by atoms with van der Waals surface area (Å²) in [6.45, 7) is 12.4. The Kier molecular flexibility index (Phi) is 15.4. The highest BCUT2D eigenvalue weighted by atomic mass is 32.2. The Morgan fingerprint density at radius 3 is 2.19 bits per heavy atom. The maximum absolute atomic E-state index is 13.5. The van der Waals surface area contributed by atoms with Crippen LogP contribution >= 0.6 is 0 Å². The van der Waals surface area contributed by atoms with Gasteiger partial charge in [-0.2, -0.15) is 0 Å². The van der Waals surface area contributed by atoms with E-state index in [4.69, 9.17) is 4.74 Å². The molecule has 1 rings (SSSR count). The van der Waals surface area contributed by atoms with E-state index >= 15 is 0 Å². The van der Waals surface area contributed by atoms with Gasteiger partial charge < -0.3 is 25.0 Å². The fourth-order valence-electron chi connectivity index (χ4n) is 5.32. The molecule has 0 radical (unpaired) electrons. The van der Waals surface area contributed by atoms with Gasteiger partial charge in [0.05, 0.1) is 11.8 Å². The zero-order valence-electron chi connectivity index (χ0n) is 27.7. The summed E-state index contributed by atoms with van der Waals surface area (Å²) >= 11 is 0. The molecule has 0 aromatic heterocycles. The summed E-state index contributed by atoms with van der Waals surface area (Å²) in [4.78, 5) is 54.0. The quantitative estimate of drug-likeness (QED) is 0.230. The van der Waals surface area contributed by atoms with Crippen LogP contribution in [0, 0.1) is 11.3 Å². The van der Waals surface area contributed by atoms with Crippen molar-refractivity contribution in [1.82, 2.24) is 19.4 Å². The molecule has 0 saturated carbocycles. The van der Waals surface area contributed by atoms with Crippen molar-refractivity contribution in [3.8, 4) is 0 Å². The number of likely N-dealkylation sites (tertiary alicyclic amines) is 1. The lowest BCUT2D eigenvalue weighted by molar-refractivity contribution is -0.154. The van der Waals surface area contributed by atoms with Crippen molar-refractivity contribution in [3.05, 3.63) is 0 Å². The lowest BCUT2D eigenvalue weighted by Crippen LogP contribution is -2.54. The summed E-state index contributed by atoms with van der Waals surface area (Å²) in [5.41, 5.74) is -0.591. The van der Waals surface area contributed by atoms with Crippen LogP contribution in [0.15, 0.2) is 0 Å². The highest BCUT2D eigenvalue weighted by Gasteiger charge is 2.40. The molecule has 43 heavy (non-hydrogen) atoms. The van der Waals surface area contributed by atoms with Crippen molar-refractivity contribution in [2.24, 2.45) is 11.3 Å². The number of alkyl carbamates (subject to hydrolysis) is 1. The van der Waals surface area contributed by atoms with Crippen molar-refractivity contribution in [2.45, 2.75) is 123 Å². The molecule has 1 aliphatic rings. The Hall–Kier alpha value is -2.41. The van der Waals surface area contributed by atoms with Gasteiger partial charge in [-0.15, -0.1) is 0 Å². The predicted molar refractivity (Wildman–Crippen MR) is 166 cm³/mol. The molecule has 1 aliphatic heterocycles. The second-order valence-electron chi connectivity index (χ2n) is 13.1. The molecule has 0 bridgehead atoms. The van der Waals surface area contributed by atoms with E-state index in [1.807, 2.05) is 27.7 Å². The summed E-state index contributed by atoms with van der Waals surface area (Å²) in [7, 11) is -0.649. The molecule has 0 spiro atoms. The van der Waals surface area contributed by atoms with E-state index in [1.54, 1.807) is 13.8 Å². The minimum absolute atomic E-state index is 0.0533. The number of carbonyl (C=O) groups excluding carboxylic acids is 3. The number of rotatable bonds is 17. The second kappa shape index (κ2) is 17.2. The maximum atomic E-state index is 13.5. The van der Waals surface area contributed by atoms with Gasteiger partial charge in [-0.3, -0.25) is 9.59 Å². The molecule has 12 nitrogen and oxygen atoms in total. The molecule has 1 fully saturated rings. The highest BCUT2D eigenvalue weighted by Crippen LogP contribution is 2.26. The van der Waals surface area contributed by atoms with Gasteiger partial charge in [-0.1, -0.05) is 66.7 Å². The fraction of sp³-hybridized carbons (Fsp3) is 0.867. The first-order valence-corrected chi connectivity index (χ1v) is 17.0. The molecule has 0 aliphatic carbocycles. The third-order valence-electron chi connectivity index (χ3n) is 8.23. The number of hydrogen-bond donors (Lipinski definition) is 2. The molecule has 13 heteroatoms. The van der Waals surface area contributed by atoms with Crippen LogP contribution in [0.3, 0.4) is 0 Å². The number of ether oxygens (including phenoxy) is 1. The van der Waals surface area contributed by atoms with Gasteiger partial charge in [0.1, 0.15) is 24.7 Å². The first-order valence-electron chi connectivity index (χ1n) is 15.5. The van der Waals surface area contributed by atoms with Gasteiger partial charge in [0.15, 0.2) is 0 Å². The van der Waals surface area contributed by atoms with Gasteiger partial charge in [0.25, 0.3) is 0 Å². The highest BCUT2D eigenvalue weighted by molar-refractivity contribution is 7.89. The number of nitrogens with zero attached hydrogens (tertiary/aromatic N) is 3. The number of sulfonamides is 1. The van der Waals surface area contributed by atoms with E-state index in [0.717, 1.165) is 32.1 Å². The molecule has 0 aromatic rings. The number of amides is 3. The van der Waals surface area contributed by atoms with E-state index < -0.39 is 69.3 Å². The minimum atomic E-state index is -3.56. The zero-order valence-corrected chi connectivity index (χ0v) is 28.5. The van der Waals surface area contributed by atoms with Crippen molar-refractivity contribution in [1.29, 1.82) is 0 Å². The van der Waals surface area contributed by atoms with Gasteiger partial charge in [0.2, 0.25) is 21.8 Å². The smallest absolute Gasteiger partial charge is 0.407 e. The van der Waals surface area contributed by atoms with E-state index in [1.165, 1.54) is 28.2 Å². The molecule has 250 valence electrons. The number of hydrogen-bond acceptors (Lipinski definition) is 7. The van der Waals surface area contributed by atoms with Crippen LogP contribution in [0.5, 0.6) is 0 Å². The molecule has 2 N–H and O–H groups in total. The predicted octanol–water partition coefficient (Wildman–Crippen LogP) is 3.70. The normalized spacial score (nSPS) is 17.9. The second-order valence-corrected chi connectivity index (χ2v) is 15.7. The summed E-state index contributed by atoms with van der Waals surface area (Å²) in [6, 6.07) is -1.82. The molecule has 3 amide bonds. The van der Waals surface area contributed by atoms with Gasteiger partial charge in [0, 0.05) is 26.1 Å². The fourth-order valence-corrected chi connectivity index (χ4v) is 6.38. The monoisotopic (exact) mass is 632 g/mol. The lowest BCUT2D eigenvalue weighted by Gasteiger charge is -2.34. The number of unbranched alkanes of at least 4 members (excludes halogenated alkanes) is 4. The van der Waals surface area contributed by atoms with Gasteiger partial charge in [-0.25, -0.2) is 22.3 Å². The van der Waals surface area contributed by atoms with E-state index in [2.05, 4.69) is 12.2 Å². The molecular weight excluding hydrogens is 576 g/mol. The number of carbonyl (C=O) groups is 4. The standard InChI is InChI=1S/C30H56N4O8S/c1-10-11-12-13-14-16-22(4)26(28(37)38)33(9)27(36)23-17-15-18-34(23)25(35)19-31-29(39)42-24(30(5,6)7)20-32(8)43(40,41)21(2)3/h21-24,26H,10-20H2,1-9H3,(H,31,39)(H,37,38)/t22?,23-,24?,26+/m0/s1. The van der Waals surface area contributed by atoms with Crippen LogP contribution in [-0.4, -0.2) is 109 Å². The average molecular weight is 633 g/mol. The first kappa shape index (κ1) is 38.6. The van der Waals surface area contributed by atoms with Crippen LogP contribution in [0.1, 0.15) is 99.8 Å². The maximum Gasteiger partial charge on any atom is 0.407 e. The Morgan fingerprint density at radius 1 is 1.05 bits per heavy atom. The Bertz CT molecular complexity index is 1040. The largest absolute Gasteiger partial charge is 0.480 e. The topological polar surface area (TPSA) is 154 Å². The molecule has 2 unspecified atom stereocenters. The SMILES string of the molecule is CCCCCCCC(C)[C@H](C(=O)O)N(C)C(=O)[C@@H]1CCCN1C(=O)CNC(=O)OC(CN(C)S(=O)(=O)C(C)C)C(C)(C)C. The number of carboxylic acids is 1. The third kappa shape index (κ3) is 11.6. The first-order chi connectivity index (χ1) is 19.9.